The van der Waals surface area contributed by atoms with E-state index in [1.807, 2.05) is 13.8 Å². The molecule has 11 heavy (non-hydrogen) atoms. The number of rotatable bonds is 0. The lowest BCUT2D eigenvalue weighted by Crippen LogP contribution is -2.41. The highest BCUT2D eigenvalue weighted by molar-refractivity contribution is 4.92. The fourth-order valence-corrected chi connectivity index (χ4v) is 2.76. The van der Waals surface area contributed by atoms with Crippen molar-refractivity contribution in [1.82, 2.24) is 0 Å². The maximum atomic E-state index is 2.44. The zero-order valence-corrected chi connectivity index (χ0v) is 8.43. The minimum absolute atomic E-state index is 1.05. The molecule has 0 heteroatoms. The van der Waals surface area contributed by atoms with Crippen molar-refractivity contribution in [3.63, 3.8) is 0 Å². The second kappa shape index (κ2) is 3.60. The molecule has 0 aromatic carbocycles. The third kappa shape index (κ3) is 1.60. The molecule has 2 bridgehead atoms. The molecule has 0 aromatic rings. The molecule has 3 aliphatic rings. The van der Waals surface area contributed by atoms with E-state index in [-0.39, 0.29) is 0 Å². The minimum atomic E-state index is 1.05. The summed E-state index contributed by atoms with van der Waals surface area (Å²) in [6.45, 7) is 8.84. The van der Waals surface area contributed by atoms with E-state index in [9.17, 15) is 0 Å². The first-order valence-electron chi connectivity index (χ1n) is 5.27. The van der Waals surface area contributed by atoms with Crippen LogP contribution in [0.3, 0.4) is 0 Å². The molecule has 0 radical (unpaired) electrons. The van der Waals surface area contributed by atoms with Crippen molar-refractivity contribution in [1.29, 1.82) is 0 Å². The molecule has 66 valence electrons. The lowest BCUT2D eigenvalue weighted by atomic mass is 9.55. The average molecular weight is 154 g/mol. The largest absolute Gasteiger partial charge is 0.0683 e. The highest BCUT2D eigenvalue weighted by Gasteiger charge is 2.42. The van der Waals surface area contributed by atoms with Crippen molar-refractivity contribution in [3.8, 4) is 0 Å². The molecule has 3 saturated carbocycles. The van der Waals surface area contributed by atoms with Crippen LogP contribution >= 0.6 is 0 Å². The molecular weight excluding hydrogens is 132 g/mol. The van der Waals surface area contributed by atoms with Crippen molar-refractivity contribution in [2.75, 3.05) is 0 Å². The monoisotopic (exact) mass is 154 g/mol. The molecule has 0 aromatic heterocycles. The van der Waals surface area contributed by atoms with Crippen LogP contribution in [0.2, 0.25) is 0 Å². The standard InChI is InChI=1S/C9H16.C2H6/c1-6-3-8-5-9(4-6)7(8)2;1-2/h6-9H,3-5H2,1-2H3;1-2H3. The fraction of sp³-hybridized carbons (Fsp3) is 1.00. The van der Waals surface area contributed by atoms with Gasteiger partial charge in [0.25, 0.3) is 0 Å². The Hall–Kier alpha value is 0. The van der Waals surface area contributed by atoms with Crippen molar-refractivity contribution >= 4 is 0 Å². The van der Waals surface area contributed by atoms with E-state index < -0.39 is 0 Å². The molecule has 0 amide bonds. The van der Waals surface area contributed by atoms with Crippen LogP contribution in [-0.4, -0.2) is 0 Å². The van der Waals surface area contributed by atoms with Gasteiger partial charge in [-0.15, -0.1) is 0 Å². The summed E-state index contributed by atoms with van der Waals surface area (Å²) in [7, 11) is 0. The van der Waals surface area contributed by atoms with Crippen LogP contribution in [0.4, 0.5) is 0 Å². The highest BCUT2D eigenvalue weighted by Crippen LogP contribution is 2.52. The van der Waals surface area contributed by atoms with Gasteiger partial charge in [-0.2, -0.15) is 0 Å². The Bertz CT molecular complexity index is 105. The lowest BCUT2D eigenvalue weighted by Gasteiger charge is -2.50. The molecule has 0 aliphatic heterocycles. The highest BCUT2D eigenvalue weighted by atomic mass is 14.5. The third-order valence-electron chi connectivity index (χ3n) is 3.50. The zero-order valence-electron chi connectivity index (χ0n) is 8.43. The zero-order chi connectivity index (χ0) is 8.43. The SMILES string of the molecule is CC.CC1CC2CC(C1)C2C. The predicted octanol–water partition coefficient (Wildman–Crippen LogP) is 3.71. The maximum absolute atomic E-state index is 2.44. The molecule has 2 unspecified atom stereocenters. The van der Waals surface area contributed by atoms with Crippen molar-refractivity contribution in [2.45, 2.75) is 47.0 Å². The van der Waals surface area contributed by atoms with Gasteiger partial charge in [-0.3, -0.25) is 0 Å². The molecule has 0 heterocycles. The summed E-state index contributed by atoms with van der Waals surface area (Å²) >= 11 is 0. The second-order valence-corrected chi connectivity index (χ2v) is 4.19. The molecule has 0 N–H and O–H groups in total. The summed E-state index contributed by atoms with van der Waals surface area (Å²) in [6, 6.07) is 0. The van der Waals surface area contributed by atoms with Crippen LogP contribution < -0.4 is 0 Å². The van der Waals surface area contributed by atoms with Crippen LogP contribution in [0.1, 0.15) is 47.0 Å². The van der Waals surface area contributed by atoms with Crippen molar-refractivity contribution in [3.05, 3.63) is 0 Å². The van der Waals surface area contributed by atoms with E-state index in [0.717, 1.165) is 23.7 Å². The van der Waals surface area contributed by atoms with Gasteiger partial charge in [-0.25, -0.2) is 0 Å². The van der Waals surface area contributed by atoms with Gasteiger partial charge in [0.1, 0.15) is 0 Å². The molecule has 3 fully saturated rings. The Morgan fingerprint density at radius 2 is 1.27 bits per heavy atom. The normalized spacial score (nSPS) is 46.9. The van der Waals surface area contributed by atoms with E-state index >= 15 is 0 Å². The van der Waals surface area contributed by atoms with Gasteiger partial charge in [0.2, 0.25) is 0 Å². The van der Waals surface area contributed by atoms with Crippen molar-refractivity contribution in [2.24, 2.45) is 23.7 Å². The van der Waals surface area contributed by atoms with Gasteiger partial charge < -0.3 is 0 Å². The van der Waals surface area contributed by atoms with E-state index in [2.05, 4.69) is 13.8 Å². The summed E-state index contributed by atoms with van der Waals surface area (Å²) in [4.78, 5) is 0. The minimum Gasteiger partial charge on any atom is -0.0683 e. The Kier molecular flexibility index (Phi) is 2.98. The smallest absolute Gasteiger partial charge is 0.0381 e. The Labute approximate surface area is 71.4 Å². The topological polar surface area (TPSA) is 0 Å². The van der Waals surface area contributed by atoms with Gasteiger partial charge in [0.05, 0.1) is 0 Å². The first-order chi connectivity index (χ1) is 5.27. The Balaban J connectivity index is 0.000000281. The van der Waals surface area contributed by atoms with Crippen LogP contribution in [0.25, 0.3) is 0 Å². The molecule has 2 atom stereocenters. The first kappa shape index (κ1) is 9.09. The summed E-state index contributed by atoms with van der Waals surface area (Å²) in [5.74, 6) is 4.38. The average Bonchev–Trinajstić information content (AvgIpc) is 2.07. The van der Waals surface area contributed by atoms with E-state index in [0.29, 0.717) is 0 Å². The van der Waals surface area contributed by atoms with E-state index in [4.69, 9.17) is 0 Å². The van der Waals surface area contributed by atoms with Gasteiger partial charge in [0.15, 0.2) is 0 Å². The number of hydrogen-bond acceptors (Lipinski definition) is 0. The summed E-state index contributed by atoms with van der Waals surface area (Å²) < 4.78 is 0. The van der Waals surface area contributed by atoms with Gasteiger partial charge >= 0.3 is 0 Å². The first-order valence-corrected chi connectivity index (χ1v) is 5.27. The van der Waals surface area contributed by atoms with Crippen molar-refractivity contribution < 1.29 is 0 Å². The van der Waals surface area contributed by atoms with Crippen LogP contribution in [0.15, 0.2) is 0 Å². The van der Waals surface area contributed by atoms with E-state index in [1.54, 1.807) is 6.42 Å². The predicted molar refractivity (Wildman–Crippen MR) is 50.5 cm³/mol. The van der Waals surface area contributed by atoms with Gasteiger partial charge in [0, 0.05) is 0 Å². The molecule has 3 rings (SSSR count). The summed E-state index contributed by atoms with van der Waals surface area (Å²) in [5.41, 5.74) is 0. The van der Waals surface area contributed by atoms with E-state index in [1.165, 1.54) is 12.8 Å². The molecule has 0 saturated heterocycles. The van der Waals surface area contributed by atoms with Crippen LogP contribution in [-0.2, 0) is 0 Å². The molecule has 0 spiro atoms. The quantitative estimate of drug-likeness (QED) is 0.499. The molecule has 3 aliphatic carbocycles. The number of fused-ring (bicyclic) bond motifs is 2. The fourth-order valence-electron chi connectivity index (χ4n) is 2.76. The molecular formula is C11H22. The second-order valence-electron chi connectivity index (χ2n) is 4.19. The maximum Gasteiger partial charge on any atom is -0.0381 e. The van der Waals surface area contributed by atoms with Gasteiger partial charge in [-0.05, 0) is 42.9 Å². The Morgan fingerprint density at radius 3 is 1.55 bits per heavy atom. The van der Waals surface area contributed by atoms with Crippen LogP contribution in [0.5, 0.6) is 0 Å². The molecule has 0 nitrogen and oxygen atoms in total. The Morgan fingerprint density at radius 1 is 0.818 bits per heavy atom. The van der Waals surface area contributed by atoms with Crippen LogP contribution in [0, 0.1) is 23.7 Å². The summed E-state index contributed by atoms with van der Waals surface area (Å²) in [6.07, 6.45) is 4.61. The van der Waals surface area contributed by atoms with Gasteiger partial charge in [-0.1, -0.05) is 27.7 Å². The number of hydrogen-bond donors (Lipinski definition) is 0. The lowest BCUT2D eigenvalue weighted by molar-refractivity contribution is -0.00154. The summed E-state index contributed by atoms with van der Waals surface area (Å²) in [5, 5.41) is 0. The third-order valence-corrected chi connectivity index (χ3v) is 3.50.